The van der Waals surface area contributed by atoms with Gasteiger partial charge in [0.2, 0.25) is 5.91 Å². The monoisotopic (exact) mass is 252 g/mol. The molecule has 96 valence electrons. The first kappa shape index (κ1) is 12.3. The molecule has 6 heteroatoms. The third kappa shape index (κ3) is 2.77. The molecule has 0 spiro atoms. The quantitative estimate of drug-likeness (QED) is 0.795. The number of benzene rings is 1. The van der Waals surface area contributed by atoms with Crippen LogP contribution in [0.2, 0.25) is 0 Å². The summed E-state index contributed by atoms with van der Waals surface area (Å²) in [4.78, 5) is 22.2. The molecule has 1 aromatic rings. The van der Waals surface area contributed by atoms with Crippen molar-refractivity contribution in [2.75, 3.05) is 6.61 Å². The molecule has 1 heterocycles. The molecule has 1 atom stereocenters. The number of carbonyl (C=O) groups excluding carboxylic acids is 2. The normalized spacial score (nSPS) is 17.3. The van der Waals surface area contributed by atoms with Gasteiger partial charge in [-0.3, -0.25) is 10.1 Å². The summed E-state index contributed by atoms with van der Waals surface area (Å²) in [6.45, 7) is 1.68. The van der Waals surface area contributed by atoms with Crippen LogP contribution in [0.1, 0.15) is 24.9 Å². The van der Waals surface area contributed by atoms with E-state index in [9.17, 15) is 14.0 Å². The number of fused-ring (bicyclic) bond motifs is 1. The molecule has 18 heavy (non-hydrogen) atoms. The van der Waals surface area contributed by atoms with E-state index in [1.54, 1.807) is 0 Å². The first-order chi connectivity index (χ1) is 8.56. The highest BCUT2D eigenvalue weighted by Crippen LogP contribution is 2.32. The van der Waals surface area contributed by atoms with Gasteiger partial charge < -0.3 is 10.1 Å². The Morgan fingerprint density at radius 1 is 1.44 bits per heavy atom. The van der Waals surface area contributed by atoms with E-state index in [-0.39, 0.29) is 6.04 Å². The molecule has 0 bridgehead atoms. The van der Waals surface area contributed by atoms with Gasteiger partial charge in [0.25, 0.3) is 0 Å². The number of urea groups is 1. The van der Waals surface area contributed by atoms with Crippen LogP contribution in [0, 0.1) is 5.82 Å². The molecule has 1 aliphatic heterocycles. The van der Waals surface area contributed by atoms with Crippen molar-refractivity contribution in [1.82, 2.24) is 10.6 Å². The van der Waals surface area contributed by atoms with Gasteiger partial charge in [0.1, 0.15) is 11.6 Å². The van der Waals surface area contributed by atoms with Crippen LogP contribution in [-0.4, -0.2) is 18.5 Å². The van der Waals surface area contributed by atoms with Crippen molar-refractivity contribution >= 4 is 11.9 Å². The fraction of sp³-hybridized carbons (Fsp3) is 0.333. The zero-order chi connectivity index (χ0) is 13.1. The summed E-state index contributed by atoms with van der Waals surface area (Å²) in [6, 6.07) is 3.21. The molecule has 1 aliphatic rings. The molecule has 0 saturated carbocycles. The molecule has 2 rings (SSSR count). The molecular formula is C12H13FN2O3. The van der Waals surface area contributed by atoms with Crippen molar-refractivity contribution in [3.05, 3.63) is 29.6 Å². The van der Waals surface area contributed by atoms with Crippen molar-refractivity contribution in [3.63, 3.8) is 0 Å². The Kier molecular flexibility index (Phi) is 3.45. The van der Waals surface area contributed by atoms with Crippen LogP contribution in [0.5, 0.6) is 5.75 Å². The van der Waals surface area contributed by atoms with Gasteiger partial charge in [-0.2, -0.15) is 0 Å². The Morgan fingerprint density at radius 3 is 2.94 bits per heavy atom. The summed E-state index contributed by atoms with van der Waals surface area (Å²) in [5.41, 5.74) is 0.583. The standard InChI is InChI=1S/C12H13FN2O3/c1-7(16)14-12(17)15-10-4-5-18-11-3-2-8(13)6-9(10)11/h2-3,6,10H,4-5H2,1H3,(H2,14,15,16,17)/t10-/m0/s1. The molecule has 0 aliphatic carbocycles. The SMILES string of the molecule is CC(=O)NC(=O)N[C@H]1CCOc2ccc(F)cc21. The number of amides is 3. The lowest BCUT2D eigenvalue weighted by molar-refractivity contribution is -0.117. The number of hydrogen-bond acceptors (Lipinski definition) is 3. The van der Waals surface area contributed by atoms with Gasteiger partial charge in [-0.1, -0.05) is 0 Å². The number of ether oxygens (including phenoxy) is 1. The van der Waals surface area contributed by atoms with E-state index >= 15 is 0 Å². The van der Waals surface area contributed by atoms with Crippen LogP contribution < -0.4 is 15.4 Å². The number of carbonyl (C=O) groups is 2. The van der Waals surface area contributed by atoms with Gasteiger partial charge in [0.05, 0.1) is 12.6 Å². The smallest absolute Gasteiger partial charge is 0.321 e. The molecular weight excluding hydrogens is 239 g/mol. The lowest BCUT2D eigenvalue weighted by Crippen LogP contribution is -2.41. The summed E-state index contributed by atoms with van der Waals surface area (Å²) in [5.74, 6) is -0.284. The first-order valence-electron chi connectivity index (χ1n) is 5.56. The molecule has 3 amide bonds. The highest BCUT2D eigenvalue weighted by atomic mass is 19.1. The molecule has 1 aromatic carbocycles. The fourth-order valence-electron chi connectivity index (χ4n) is 1.87. The van der Waals surface area contributed by atoms with Crippen LogP contribution in [0.4, 0.5) is 9.18 Å². The number of rotatable bonds is 1. The summed E-state index contributed by atoms with van der Waals surface area (Å²) >= 11 is 0. The van der Waals surface area contributed by atoms with Crippen molar-refractivity contribution in [2.24, 2.45) is 0 Å². The van der Waals surface area contributed by atoms with Crippen LogP contribution in [0.3, 0.4) is 0 Å². The molecule has 0 unspecified atom stereocenters. The van der Waals surface area contributed by atoms with Gasteiger partial charge in [0.15, 0.2) is 0 Å². The fourth-order valence-corrected chi connectivity index (χ4v) is 1.87. The molecule has 2 N–H and O–H groups in total. The van der Waals surface area contributed by atoms with Gasteiger partial charge in [-0.15, -0.1) is 0 Å². The van der Waals surface area contributed by atoms with Gasteiger partial charge in [-0.05, 0) is 18.2 Å². The Hall–Kier alpha value is -2.11. The van der Waals surface area contributed by atoms with Crippen molar-refractivity contribution in [3.8, 4) is 5.75 Å². The average molecular weight is 252 g/mol. The highest BCUT2D eigenvalue weighted by Gasteiger charge is 2.23. The zero-order valence-corrected chi connectivity index (χ0v) is 9.83. The molecule has 5 nitrogen and oxygen atoms in total. The summed E-state index contributed by atoms with van der Waals surface area (Å²) in [7, 11) is 0. The Balaban J connectivity index is 2.14. The molecule has 0 aromatic heterocycles. The van der Waals surface area contributed by atoms with Crippen molar-refractivity contribution in [2.45, 2.75) is 19.4 Å². The Labute approximate surface area is 103 Å². The second kappa shape index (κ2) is 5.03. The van der Waals surface area contributed by atoms with Crippen molar-refractivity contribution < 1.29 is 18.7 Å². The first-order valence-corrected chi connectivity index (χ1v) is 5.56. The second-order valence-electron chi connectivity index (χ2n) is 4.03. The van der Waals surface area contributed by atoms with E-state index in [0.717, 1.165) is 0 Å². The van der Waals surface area contributed by atoms with E-state index in [4.69, 9.17) is 4.74 Å². The minimum Gasteiger partial charge on any atom is -0.493 e. The number of imide groups is 1. The maximum Gasteiger partial charge on any atom is 0.321 e. The second-order valence-corrected chi connectivity index (χ2v) is 4.03. The topological polar surface area (TPSA) is 67.4 Å². The maximum atomic E-state index is 13.2. The molecule has 0 saturated heterocycles. The van der Waals surface area contributed by atoms with E-state index < -0.39 is 17.8 Å². The van der Waals surface area contributed by atoms with E-state index in [1.165, 1.54) is 25.1 Å². The summed E-state index contributed by atoms with van der Waals surface area (Å²) in [6.07, 6.45) is 0.530. The lowest BCUT2D eigenvalue weighted by atomic mass is 10.0. The third-order valence-corrected chi connectivity index (χ3v) is 2.61. The predicted molar refractivity (Wildman–Crippen MR) is 61.6 cm³/mol. The van der Waals surface area contributed by atoms with E-state index in [2.05, 4.69) is 10.6 Å². The largest absolute Gasteiger partial charge is 0.493 e. The predicted octanol–water partition coefficient (Wildman–Crippen LogP) is 1.49. The summed E-state index contributed by atoms with van der Waals surface area (Å²) in [5, 5.41) is 4.73. The summed E-state index contributed by atoms with van der Waals surface area (Å²) < 4.78 is 18.5. The number of nitrogens with one attached hydrogen (secondary N) is 2. The third-order valence-electron chi connectivity index (χ3n) is 2.61. The number of hydrogen-bond donors (Lipinski definition) is 2. The maximum absolute atomic E-state index is 13.2. The average Bonchev–Trinajstić information content (AvgIpc) is 2.28. The van der Waals surface area contributed by atoms with Crippen LogP contribution >= 0.6 is 0 Å². The lowest BCUT2D eigenvalue weighted by Gasteiger charge is -2.26. The van der Waals surface area contributed by atoms with E-state index in [0.29, 0.717) is 24.3 Å². The minimum absolute atomic E-state index is 0.358. The van der Waals surface area contributed by atoms with Gasteiger partial charge in [0, 0.05) is 18.9 Å². The van der Waals surface area contributed by atoms with Gasteiger partial charge in [-0.25, -0.2) is 9.18 Å². The van der Waals surface area contributed by atoms with Crippen molar-refractivity contribution in [1.29, 1.82) is 0 Å². The van der Waals surface area contributed by atoms with Gasteiger partial charge >= 0.3 is 6.03 Å². The van der Waals surface area contributed by atoms with E-state index in [1.807, 2.05) is 0 Å². The van der Waals surface area contributed by atoms with Crippen LogP contribution in [0.15, 0.2) is 18.2 Å². The highest BCUT2D eigenvalue weighted by molar-refractivity contribution is 5.93. The Morgan fingerprint density at radius 2 is 2.22 bits per heavy atom. The zero-order valence-electron chi connectivity index (χ0n) is 9.83. The minimum atomic E-state index is -0.593. The molecule has 0 fully saturated rings. The Bertz CT molecular complexity index is 490. The van der Waals surface area contributed by atoms with Crippen LogP contribution in [-0.2, 0) is 4.79 Å². The number of halogens is 1. The molecule has 0 radical (unpaired) electrons. The van der Waals surface area contributed by atoms with Crippen LogP contribution in [0.25, 0.3) is 0 Å².